The fraction of sp³-hybridized carbons (Fsp3) is 0.286. The number of alkyl halides is 3. The quantitative estimate of drug-likeness (QED) is 0.731. The molecule has 1 aromatic rings. The molecule has 1 aromatic heterocycles. The zero-order chi connectivity index (χ0) is 10.9. The van der Waals surface area contributed by atoms with Gasteiger partial charge in [0.2, 0.25) is 5.88 Å². The minimum atomic E-state index is -4.73. The van der Waals surface area contributed by atoms with Gasteiger partial charge in [0.15, 0.2) is 0 Å². The number of rotatable bonds is 1. The Bertz CT molecular complexity index is 356. The van der Waals surface area contributed by atoms with Crippen LogP contribution in [0.4, 0.5) is 13.2 Å². The number of nitrogens with zero attached hydrogens (tertiary/aromatic N) is 1. The molecule has 2 nitrogen and oxygen atoms in total. The predicted octanol–water partition coefficient (Wildman–Crippen LogP) is 3.55. The van der Waals surface area contributed by atoms with E-state index in [-0.39, 0.29) is 3.57 Å². The molecule has 0 aromatic carbocycles. The Morgan fingerprint density at radius 2 is 2.07 bits per heavy atom. The van der Waals surface area contributed by atoms with E-state index in [4.69, 9.17) is 11.6 Å². The molecule has 78 valence electrons. The maximum atomic E-state index is 11.9. The number of ether oxygens (including phenoxy) is 1. The summed E-state index contributed by atoms with van der Waals surface area (Å²) in [6, 6.07) is 1.37. The molecule has 0 N–H and O–H groups in total. The van der Waals surface area contributed by atoms with E-state index in [0.29, 0.717) is 10.7 Å². The minimum absolute atomic E-state index is 0.218. The number of hydrogen-bond acceptors (Lipinski definition) is 2. The fourth-order valence-corrected chi connectivity index (χ4v) is 1.60. The Morgan fingerprint density at radius 1 is 1.50 bits per heavy atom. The molecule has 1 rings (SSSR count). The van der Waals surface area contributed by atoms with E-state index >= 15 is 0 Å². The summed E-state index contributed by atoms with van der Waals surface area (Å²) in [7, 11) is 0. The molecule has 0 bridgehead atoms. The van der Waals surface area contributed by atoms with Crippen molar-refractivity contribution in [2.45, 2.75) is 13.3 Å². The van der Waals surface area contributed by atoms with E-state index in [1.54, 1.807) is 22.6 Å². The molecule has 0 spiro atoms. The summed E-state index contributed by atoms with van der Waals surface area (Å²) in [6.45, 7) is 1.50. The monoisotopic (exact) mass is 337 g/mol. The summed E-state index contributed by atoms with van der Waals surface area (Å²) in [5, 5.41) is 0.309. The average molecular weight is 337 g/mol. The van der Waals surface area contributed by atoms with Gasteiger partial charge in [0.25, 0.3) is 0 Å². The first-order valence-electron chi connectivity index (χ1n) is 3.38. The molecule has 0 fully saturated rings. The predicted molar refractivity (Wildman–Crippen MR) is 53.4 cm³/mol. The number of hydrogen-bond donors (Lipinski definition) is 0. The van der Waals surface area contributed by atoms with E-state index in [0.717, 1.165) is 0 Å². The first-order chi connectivity index (χ1) is 6.29. The molecule has 0 aliphatic carbocycles. The first-order valence-corrected chi connectivity index (χ1v) is 4.83. The SMILES string of the molecule is Cc1nc(OC(F)(F)F)c(I)cc1Cl. The van der Waals surface area contributed by atoms with E-state index in [9.17, 15) is 13.2 Å². The highest BCUT2D eigenvalue weighted by Gasteiger charge is 2.32. The van der Waals surface area contributed by atoms with Crippen molar-refractivity contribution in [2.24, 2.45) is 0 Å². The van der Waals surface area contributed by atoms with Crippen LogP contribution in [0.5, 0.6) is 5.88 Å². The summed E-state index contributed by atoms with van der Waals surface area (Å²) >= 11 is 7.32. The van der Waals surface area contributed by atoms with Crippen LogP contribution in [0.1, 0.15) is 5.69 Å². The Kier molecular flexibility index (Phi) is 3.46. The smallest absolute Gasteiger partial charge is 0.387 e. The van der Waals surface area contributed by atoms with Crippen LogP contribution in [0, 0.1) is 10.5 Å². The van der Waals surface area contributed by atoms with Crippen LogP contribution in [0.15, 0.2) is 6.07 Å². The van der Waals surface area contributed by atoms with Gasteiger partial charge in [0, 0.05) is 0 Å². The number of pyridine rings is 1. The highest BCUT2D eigenvalue weighted by Crippen LogP contribution is 2.28. The second kappa shape index (κ2) is 4.09. The zero-order valence-electron chi connectivity index (χ0n) is 6.82. The Labute approximate surface area is 96.6 Å². The molecule has 7 heteroatoms. The third-order valence-electron chi connectivity index (χ3n) is 1.29. The van der Waals surface area contributed by atoms with E-state index in [1.165, 1.54) is 13.0 Å². The van der Waals surface area contributed by atoms with Crippen molar-refractivity contribution in [3.05, 3.63) is 20.4 Å². The van der Waals surface area contributed by atoms with Gasteiger partial charge in [-0.05, 0) is 35.6 Å². The molecule has 0 unspecified atom stereocenters. The maximum Gasteiger partial charge on any atom is 0.574 e. The largest absolute Gasteiger partial charge is 0.574 e. The fourth-order valence-electron chi connectivity index (χ4n) is 0.718. The van der Waals surface area contributed by atoms with Gasteiger partial charge in [-0.2, -0.15) is 0 Å². The maximum absolute atomic E-state index is 11.9. The number of aryl methyl sites for hydroxylation is 1. The van der Waals surface area contributed by atoms with Gasteiger partial charge in [-0.3, -0.25) is 0 Å². The molecule has 0 aliphatic rings. The zero-order valence-corrected chi connectivity index (χ0v) is 9.74. The lowest BCUT2D eigenvalue weighted by Crippen LogP contribution is -2.18. The van der Waals surface area contributed by atoms with Gasteiger partial charge in [-0.15, -0.1) is 13.2 Å². The summed E-state index contributed by atoms with van der Waals surface area (Å²) < 4.78 is 39.5. The summed E-state index contributed by atoms with van der Waals surface area (Å²) in [5.41, 5.74) is 0.298. The third kappa shape index (κ3) is 3.16. The van der Waals surface area contributed by atoms with Crippen LogP contribution < -0.4 is 4.74 Å². The van der Waals surface area contributed by atoms with Crippen LogP contribution >= 0.6 is 34.2 Å². The van der Waals surface area contributed by atoms with Gasteiger partial charge in [0.1, 0.15) is 0 Å². The lowest BCUT2D eigenvalue weighted by Gasteiger charge is -2.10. The normalized spacial score (nSPS) is 11.6. The van der Waals surface area contributed by atoms with Gasteiger partial charge in [-0.1, -0.05) is 11.6 Å². The molecule has 1 heterocycles. The Morgan fingerprint density at radius 3 is 2.57 bits per heavy atom. The number of aromatic nitrogens is 1. The molecule has 0 aliphatic heterocycles. The highest BCUT2D eigenvalue weighted by molar-refractivity contribution is 14.1. The Hall–Kier alpha value is -0.240. The molecule has 0 amide bonds. The topological polar surface area (TPSA) is 22.1 Å². The van der Waals surface area contributed by atoms with Crippen molar-refractivity contribution in [1.82, 2.24) is 4.98 Å². The van der Waals surface area contributed by atoms with Crippen molar-refractivity contribution in [1.29, 1.82) is 0 Å². The van der Waals surface area contributed by atoms with Crippen molar-refractivity contribution in [3.63, 3.8) is 0 Å². The number of halogens is 5. The molecular weight excluding hydrogens is 333 g/mol. The van der Waals surface area contributed by atoms with Crippen molar-refractivity contribution >= 4 is 34.2 Å². The van der Waals surface area contributed by atoms with Crippen LogP contribution in [-0.4, -0.2) is 11.3 Å². The van der Waals surface area contributed by atoms with Gasteiger partial charge >= 0.3 is 6.36 Å². The van der Waals surface area contributed by atoms with Gasteiger partial charge in [0.05, 0.1) is 14.3 Å². The molecular formula is C7H4ClF3INO. The van der Waals surface area contributed by atoms with Crippen molar-refractivity contribution < 1.29 is 17.9 Å². The Balaban J connectivity index is 3.04. The van der Waals surface area contributed by atoms with Crippen molar-refractivity contribution in [3.8, 4) is 5.88 Å². The molecule has 14 heavy (non-hydrogen) atoms. The van der Waals surface area contributed by atoms with Crippen LogP contribution in [0.3, 0.4) is 0 Å². The lowest BCUT2D eigenvalue weighted by atomic mass is 10.4. The minimum Gasteiger partial charge on any atom is -0.387 e. The van der Waals surface area contributed by atoms with Gasteiger partial charge in [-0.25, -0.2) is 4.98 Å². The summed E-state index contributed by atoms with van der Waals surface area (Å²) in [4.78, 5) is 3.58. The van der Waals surface area contributed by atoms with Gasteiger partial charge < -0.3 is 4.74 Å². The molecule has 0 saturated heterocycles. The average Bonchev–Trinajstić information content (AvgIpc) is 1.97. The summed E-state index contributed by atoms with van der Waals surface area (Å²) in [6.07, 6.45) is -4.73. The highest BCUT2D eigenvalue weighted by atomic mass is 127. The second-order valence-electron chi connectivity index (χ2n) is 2.39. The molecule has 0 radical (unpaired) electrons. The van der Waals surface area contributed by atoms with E-state index in [1.807, 2.05) is 0 Å². The molecule has 0 atom stereocenters. The third-order valence-corrected chi connectivity index (χ3v) is 2.44. The standard InChI is InChI=1S/C7H4ClF3INO/c1-3-4(8)2-5(12)6(13-3)14-7(9,10)11/h2H,1H3. The lowest BCUT2D eigenvalue weighted by molar-refractivity contribution is -0.276. The van der Waals surface area contributed by atoms with E-state index < -0.39 is 12.2 Å². The van der Waals surface area contributed by atoms with Crippen LogP contribution in [0.2, 0.25) is 5.02 Å². The van der Waals surface area contributed by atoms with Crippen LogP contribution in [0.25, 0.3) is 0 Å². The van der Waals surface area contributed by atoms with Crippen LogP contribution in [-0.2, 0) is 0 Å². The van der Waals surface area contributed by atoms with E-state index in [2.05, 4.69) is 9.72 Å². The first kappa shape index (κ1) is 11.8. The van der Waals surface area contributed by atoms with Crippen molar-refractivity contribution in [2.75, 3.05) is 0 Å². The molecule has 0 saturated carbocycles. The second-order valence-corrected chi connectivity index (χ2v) is 3.96. The summed E-state index contributed by atoms with van der Waals surface area (Å²) in [5.74, 6) is -0.472.